The quantitative estimate of drug-likeness (QED) is 0.906. The normalized spacial score (nSPS) is 22.6. The van der Waals surface area contributed by atoms with E-state index in [4.69, 9.17) is 0 Å². The summed E-state index contributed by atoms with van der Waals surface area (Å²) in [4.78, 5) is 0. The maximum atomic E-state index is 12.6. The van der Waals surface area contributed by atoms with Gasteiger partial charge in [0.1, 0.15) is 0 Å². The SMILES string of the molecule is CC[C@H](O)[C@H]1CCCCN1S(=O)(=O)Cc1ccccc1. The smallest absolute Gasteiger partial charge is 0.218 e. The van der Waals surface area contributed by atoms with Gasteiger partial charge in [0.2, 0.25) is 10.0 Å². The number of benzene rings is 1. The van der Waals surface area contributed by atoms with Crippen LogP contribution in [0.5, 0.6) is 0 Å². The molecule has 1 aromatic rings. The Bertz CT molecular complexity index is 515. The highest BCUT2D eigenvalue weighted by Gasteiger charge is 2.35. The molecule has 1 N–H and O–H groups in total. The van der Waals surface area contributed by atoms with Gasteiger partial charge in [-0.15, -0.1) is 0 Å². The van der Waals surface area contributed by atoms with Gasteiger partial charge in [0.05, 0.1) is 17.9 Å². The van der Waals surface area contributed by atoms with E-state index in [1.54, 1.807) is 0 Å². The van der Waals surface area contributed by atoms with Gasteiger partial charge < -0.3 is 5.11 Å². The number of hydrogen-bond acceptors (Lipinski definition) is 3. The third-order valence-corrected chi connectivity index (χ3v) is 5.78. The first-order valence-corrected chi connectivity index (χ1v) is 8.87. The standard InChI is InChI=1S/C15H23NO3S/c1-2-15(17)14-10-6-7-11-16(14)20(18,19)12-13-8-4-3-5-9-13/h3-5,8-9,14-15,17H,2,6-7,10-12H2,1H3/t14-,15+/m1/s1. The molecule has 5 heteroatoms. The Labute approximate surface area is 121 Å². The zero-order valence-corrected chi connectivity index (χ0v) is 12.7. The molecular formula is C15H23NO3S. The summed E-state index contributed by atoms with van der Waals surface area (Å²) in [6.45, 7) is 2.41. The van der Waals surface area contributed by atoms with Gasteiger partial charge >= 0.3 is 0 Å². The third kappa shape index (κ3) is 3.59. The molecule has 1 aliphatic heterocycles. The number of aliphatic hydroxyl groups is 1. The first-order chi connectivity index (χ1) is 9.54. The van der Waals surface area contributed by atoms with E-state index in [1.165, 1.54) is 4.31 Å². The van der Waals surface area contributed by atoms with Crippen LogP contribution < -0.4 is 0 Å². The van der Waals surface area contributed by atoms with Gasteiger partial charge in [-0.05, 0) is 24.8 Å². The molecule has 0 amide bonds. The summed E-state index contributed by atoms with van der Waals surface area (Å²) >= 11 is 0. The molecule has 1 aliphatic rings. The Morgan fingerprint density at radius 3 is 2.65 bits per heavy atom. The second kappa shape index (κ2) is 6.70. The van der Waals surface area contributed by atoms with Crippen LogP contribution in [0.2, 0.25) is 0 Å². The van der Waals surface area contributed by atoms with Crippen molar-refractivity contribution >= 4 is 10.0 Å². The zero-order chi connectivity index (χ0) is 14.6. The van der Waals surface area contributed by atoms with E-state index in [9.17, 15) is 13.5 Å². The molecule has 1 fully saturated rings. The summed E-state index contributed by atoms with van der Waals surface area (Å²) in [5, 5.41) is 10.1. The second-order valence-electron chi connectivity index (χ2n) is 5.39. The minimum absolute atomic E-state index is 0.0147. The molecule has 1 saturated heterocycles. The summed E-state index contributed by atoms with van der Waals surface area (Å²) in [6.07, 6.45) is 2.63. The number of piperidine rings is 1. The van der Waals surface area contributed by atoms with E-state index >= 15 is 0 Å². The van der Waals surface area contributed by atoms with Crippen LogP contribution in [0.4, 0.5) is 0 Å². The van der Waals surface area contributed by atoms with Crippen molar-refractivity contribution in [1.29, 1.82) is 0 Å². The van der Waals surface area contributed by atoms with Crippen molar-refractivity contribution < 1.29 is 13.5 Å². The van der Waals surface area contributed by atoms with E-state index in [-0.39, 0.29) is 11.8 Å². The molecule has 0 aliphatic carbocycles. The Kier molecular flexibility index (Phi) is 5.18. The van der Waals surface area contributed by atoms with Crippen LogP contribution in [0.25, 0.3) is 0 Å². The molecule has 112 valence electrons. The zero-order valence-electron chi connectivity index (χ0n) is 11.9. The van der Waals surface area contributed by atoms with Crippen LogP contribution in [0.3, 0.4) is 0 Å². The maximum absolute atomic E-state index is 12.6. The van der Waals surface area contributed by atoms with Gasteiger partial charge in [0.15, 0.2) is 0 Å². The molecule has 1 aromatic carbocycles. The number of nitrogens with zero attached hydrogens (tertiary/aromatic N) is 1. The summed E-state index contributed by atoms with van der Waals surface area (Å²) in [5.74, 6) is 0.0147. The summed E-state index contributed by atoms with van der Waals surface area (Å²) < 4.78 is 26.7. The molecule has 0 unspecified atom stereocenters. The van der Waals surface area contributed by atoms with Crippen molar-refractivity contribution in [2.45, 2.75) is 50.5 Å². The summed E-state index contributed by atoms with van der Waals surface area (Å²) in [7, 11) is -3.37. The van der Waals surface area contributed by atoms with Crippen molar-refractivity contribution in [3.05, 3.63) is 35.9 Å². The molecule has 0 saturated carbocycles. The molecular weight excluding hydrogens is 274 g/mol. The van der Waals surface area contributed by atoms with Crippen molar-refractivity contribution in [3.8, 4) is 0 Å². The fourth-order valence-corrected chi connectivity index (χ4v) is 4.65. The molecule has 0 aromatic heterocycles. The van der Waals surface area contributed by atoms with E-state index in [2.05, 4.69) is 0 Å². The van der Waals surface area contributed by atoms with Gasteiger partial charge in [-0.25, -0.2) is 8.42 Å². The lowest BCUT2D eigenvalue weighted by Crippen LogP contribution is -2.49. The van der Waals surface area contributed by atoms with Crippen LogP contribution in [0, 0.1) is 0 Å². The van der Waals surface area contributed by atoms with E-state index in [1.807, 2.05) is 37.3 Å². The van der Waals surface area contributed by atoms with Gasteiger partial charge in [-0.3, -0.25) is 0 Å². The third-order valence-electron chi connectivity index (χ3n) is 3.91. The number of sulfonamides is 1. The number of aliphatic hydroxyl groups excluding tert-OH is 1. The van der Waals surface area contributed by atoms with Crippen molar-refractivity contribution in [2.24, 2.45) is 0 Å². The molecule has 0 bridgehead atoms. The molecule has 4 nitrogen and oxygen atoms in total. The Hall–Kier alpha value is -0.910. The van der Waals surface area contributed by atoms with Crippen LogP contribution in [-0.4, -0.2) is 36.5 Å². The Morgan fingerprint density at radius 1 is 1.30 bits per heavy atom. The van der Waals surface area contributed by atoms with Crippen LogP contribution >= 0.6 is 0 Å². The summed E-state index contributed by atoms with van der Waals surface area (Å²) in [6, 6.07) is 8.96. The number of rotatable bonds is 5. The van der Waals surface area contributed by atoms with Gasteiger partial charge in [-0.2, -0.15) is 4.31 Å². The predicted molar refractivity (Wildman–Crippen MR) is 79.7 cm³/mol. The van der Waals surface area contributed by atoms with Crippen LogP contribution in [-0.2, 0) is 15.8 Å². The van der Waals surface area contributed by atoms with Crippen molar-refractivity contribution in [3.63, 3.8) is 0 Å². The summed E-state index contributed by atoms with van der Waals surface area (Å²) in [5.41, 5.74) is 0.794. The second-order valence-corrected chi connectivity index (χ2v) is 7.31. The van der Waals surface area contributed by atoms with Crippen molar-refractivity contribution in [2.75, 3.05) is 6.54 Å². The Balaban J connectivity index is 2.18. The molecule has 0 radical (unpaired) electrons. The monoisotopic (exact) mass is 297 g/mol. The topological polar surface area (TPSA) is 57.6 Å². The molecule has 20 heavy (non-hydrogen) atoms. The lowest BCUT2D eigenvalue weighted by molar-refractivity contribution is 0.0666. The predicted octanol–water partition coefficient (Wildman–Crippen LogP) is 2.14. The lowest BCUT2D eigenvalue weighted by atomic mass is 9.98. The fourth-order valence-electron chi connectivity index (χ4n) is 2.80. The largest absolute Gasteiger partial charge is 0.391 e. The molecule has 0 spiro atoms. The average molecular weight is 297 g/mol. The molecule has 1 heterocycles. The van der Waals surface area contributed by atoms with Gasteiger partial charge in [0.25, 0.3) is 0 Å². The average Bonchev–Trinajstić information content (AvgIpc) is 2.47. The highest BCUT2D eigenvalue weighted by Crippen LogP contribution is 2.26. The van der Waals surface area contributed by atoms with Crippen LogP contribution in [0.1, 0.15) is 38.2 Å². The fraction of sp³-hybridized carbons (Fsp3) is 0.600. The number of hydrogen-bond donors (Lipinski definition) is 1. The van der Waals surface area contributed by atoms with E-state index in [0.717, 1.165) is 24.8 Å². The Morgan fingerprint density at radius 2 is 2.00 bits per heavy atom. The van der Waals surface area contributed by atoms with Crippen LogP contribution in [0.15, 0.2) is 30.3 Å². The molecule has 2 atom stereocenters. The van der Waals surface area contributed by atoms with Crippen molar-refractivity contribution in [1.82, 2.24) is 4.31 Å². The minimum atomic E-state index is -3.37. The first-order valence-electron chi connectivity index (χ1n) is 7.26. The minimum Gasteiger partial charge on any atom is -0.391 e. The highest BCUT2D eigenvalue weighted by atomic mass is 32.2. The van der Waals surface area contributed by atoms with E-state index < -0.39 is 16.1 Å². The maximum Gasteiger partial charge on any atom is 0.218 e. The molecule has 2 rings (SSSR count). The van der Waals surface area contributed by atoms with E-state index in [0.29, 0.717) is 13.0 Å². The van der Waals surface area contributed by atoms with Gasteiger partial charge in [0, 0.05) is 6.54 Å². The lowest BCUT2D eigenvalue weighted by Gasteiger charge is -2.37. The van der Waals surface area contributed by atoms with Gasteiger partial charge in [-0.1, -0.05) is 43.7 Å². The first kappa shape index (κ1) is 15.5. The highest BCUT2D eigenvalue weighted by molar-refractivity contribution is 7.88.